The van der Waals surface area contributed by atoms with Crippen molar-refractivity contribution in [2.45, 2.75) is 6.92 Å². The molecule has 0 spiro atoms. The average Bonchev–Trinajstić information content (AvgIpc) is 2.98. The standard InChI is InChI=1S/C20H13ClN4S/c1-12-16(14-7-3-2-4-8-14)17-18(24-20(21)25-19(17)26-12)23-15-9-5-6-13(10-15)11-22/h2-10H,1H3,(H,23,24,25). The lowest BCUT2D eigenvalue weighted by atomic mass is 10.0. The van der Waals surface area contributed by atoms with Gasteiger partial charge in [-0.05, 0) is 42.3 Å². The van der Waals surface area contributed by atoms with Crippen molar-refractivity contribution in [3.63, 3.8) is 0 Å². The van der Waals surface area contributed by atoms with Crippen molar-refractivity contribution in [2.75, 3.05) is 5.32 Å². The Kier molecular flexibility index (Phi) is 4.29. The van der Waals surface area contributed by atoms with Gasteiger partial charge in [0.2, 0.25) is 5.28 Å². The maximum atomic E-state index is 9.12. The van der Waals surface area contributed by atoms with E-state index < -0.39 is 0 Å². The van der Waals surface area contributed by atoms with Gasteiger partial charge in [0.05, 0.1) is 17.0 Å². The molecule has 1 N–H and O–H groups in total. The Morgan fingerprint density at radius 2 is 1.88 bits per heavy atom. The minimum absolute atomic E-state index is 0.192. The zero-order chi connectivity index (χ0) is 18.1. The second-order valence-electron chi connectivity index (χ2n) is 5.74. The topological polar surface area (TPSA) is 61.6 Å². The van der Waals surface area contributed by atoms with Crippen LogP contribution in [0.2, 0.25) is 5.28 Å². The molecule has 0 saturated carbocycles. The summed E-state index contributed by atoms with van der Waals surface area (Å²) in [5.74, 6) is 0.637. The second kappa shape index (κ2) is 6.75. The van der Waals surface area contributed by atoms with Gasteiger partial charge in [0.15, 0.2) is 0 Å². The monoisotopic (exact) mass is 376 g/mol. The number of nitrogens with one attached hydrogen (secondary N) is 1. The first-order valence-electron chi connectivity index (χ1n) is 7.95. The minimum Gasteiger partial charge on any atom is -0.339 e. The van der Waals surface area contributed by atoms with Crippen LogP contribution in [-0.2, 0) is 0 Å². The van der Waals surface area contributed by atoms with Crippen molar-refractivity contribution in [1.82, 2.24) is 9.97 Å². The molecule has 0 atom stereocenters. The van der Waals surface area contributed by atoms with Crippen LogP contribution in [0.1, 0.15) is 10.4 Å². The molecule has 6 heteroatoms. The molecule has 0 amide bonds. The van der Waals surface area contributed by atoms with E-state index in [0.29, 0.717) is 11.4 Å². The molecule has 126 valence electrons. The van der Waals surface area contributed by atoms with Crippen LogP contribution in [0, 0.1) is 18.3 Å². The Morgan fingerprint density at radius 1 is 1.08 bits per heavy atom. The largest absolute Gasteiger partial charge is 0.339 e. The Labute approximate surface area is 159 Å². The summed E-state index contributed by atoms with van der Waals surface area (Å²) in [6.45, 7) is 2.07. The number of aromatic nitrogens is 2. The fourth-order valence-corrected chi connectivity index (χ4v) is 4.20. The smallest absolute Gasteiger partial charge is 0.225 e. The summed E-state index contributed by atoms with van der Waals surface area (Å²) in [7, 11) is 0. The third-order valence-corrected chi connectivity index (χ3v) is 5.19. The van der Waals surface area contributed by atoms with Crippen molar-refractivity contribution in [1.29, 1.82) is 5.26 Å². The maximum Gasteiger partial charge on any atom is 0.225 e. The van der Waals surface area contributed by atoms with Crippen molar-refractivity contribution in [2.24, 2.45) is 0 Å². The van der Waals surface area contributed by atoms with Crippen LogP contribution in [0.25, 0.3) is 21.3 Å². The molecule has 0 aliphatic rings. The highest BCUT2D eigenvalue weighted by molar-refractivity contribution is 7.19. The van der Waals surface area contributed by atoms with Crippen LogP contribution in [0.15, 0.2) is 54.6 Å². The molecule has 4 rings (SSSR count). The molecular formula is C20H13ClN4S. The summed E-state index contributed by atoms with van der Waals surface area (Å²) in [5, 5.41) is 13.6. The summed E-state index contributed by atoms with van der Waals surface area (Å²) in [5.41, 5.74) is 3.57. The van der Waals surface area contributed by atoms with Gasteiger partial charge in [-0.25, -0.2) is 4.98 Å². The Morgan fingerprint density at radius 3 is 2.65 bits per heavy atom. The number of thiophene rings is 1. The van der Waals surface area contributed by atoms with E-state index in [0.717, 1.165) is 31.9 Å². The molecule has 4 aromatic rings. The zero-order valence-electron chi connectivity index (χ0n) is 13.8. The number of anilines is 2. The van der Waals surface area contributed by atoms with Gasteiger partial charge < -0.3 is 5.32 Å². The average molecular weight is 377 g/mol. The molecule has 2 aromatic carbocycles. The molecule has 0 aliphatic heterocycles. The van der Waals surface area contributed by atoms with Crippen LogP contribution in [-0.4, -0.2) is 9.97 Å². The Hall–Kier alpha value is -2.94. The summed E-state index contributed by atoms with van der Waals surface area (Å²) >= 11 is 7.74. The molecule has 2 aromatic heterocycles. The van der Waals surface area contributed by atoms with E-state index in [9.17, 15) is 0 Å². The van der Waals surface area contributed by atoms with Gasteiger partial charge in [-0.2, -0.15) is 10.2 Å². The maximum absolute atomic E-state index is 9.12. The third kappa shape index (κ3) is 3.01. The van der Waals surface area contributed by atoms with Gasteiger partial charge in [-0.1, -0.05) is 36.4 Å². The summed E-state index contributed by atoms with van der Waals surface area (Å²) in [6, 6.07) is 19.6. The molecule has 2 heterocycles. The van der Waals surface area contributed by atoms with Crippen LogP contribution in [0.4, 0.5) is 11.5 Å². The number of halogens is 1. The van der Waals surface area contributed by atoms with E-state index in [1.165, 1.54) is 0 Å². The van der Waals surface area contributed by atoms with E-state index in [2.05, 4.69) is 40.4 Å². The number of nitriles is 1. The van der Waals surface area contributed by atoms with E-state index in [4.69, 9.17) is 16.9 Å². The van der Waals surface area contributed by atoms with E-state index in [-0.39, 0.29) is 5.28 Å². The van der Waals surface area contributed by atoms with Crippen LogP contribution in [0.5, 0.6) is 0 Å². The van der Waals surface area contributed by atoms with Crippen LogP contribution in [0.3, 0.4) is 0 Å². The molecule has 26 heavy (non-hydrogen) atoms. The van der Waals surface area contributed by atoms with Gasteiger partial charge in [0, 0.05) is 16.1 Å². The number of aryl methyl sites for hydroxylation is 1. The zero-order valence-corrected chi connectivity index (χ0v) is 15.4. The van der Waals surface area contributed by atoms with E-state index in [1.807, 2.05) is 30.3 Å². The molecule has 0 unspecified atom stereocenters. The lowest BCUT2D eigenvalue weighted by Gasteiger charge is -2.10. The molecule has 0 radical (unpaired) electrons. The second-order valence-corrected chi connectivity index (χ2v) is 7.28. The highest BCUT2D eigenvalue weighted by Gasteiger charge is 2.18. The molecule has 0 bridgehead atoms. The predicted octanol–water partition coefficient (Wildman–Crippen LogP) is 5.94. The molecule has 0 saturated heterocycles. The highest BCUT2D eigenvalue weighted by atomic mass is 35.5. The van der Waals surface area contributed by atoms with Crippen molar-refractivity contribution >= 4 is 44.7 Å². The normalized spacial score (nSPS) is 10.7. The predicted molar refractivity (Wildman–Crippen MR) is 107 cm³/mol. The van der Waals surface area contributed by atoms with Gasteiger partial charge in [0.1, 0.15) is 10.6 Å². The Balaban J connectivity index is 1.92. The fourth-order valence-electron chi connectivity index (χ4n) is 2.93. The lowest BCUT2D eigenvalue weighted by molar-refractivity contribution is 1.23. The number of hydrogen-bond acceptors (Lipinski definition) is 5. The van der Waals surface area contributed by atoms with Gasteiger partial charge in [0.25, 0.3) is 0 Å². The number of benzene rings is 2. The third-order valence-electron chi connectivity index (χ3n) is 4.02. The first-order valence-corrected chi connectivity index (χ1v) is 9.14. The molecule has 0 fully saturated rings. The first kappa shape index (κ1) is 16.5. The molecule has 4 nitrogen and oxygen atoms in total. The lowest BCUT2D eigenvalue weighted by Crippen LogP contribution is -1.97. The summed E-state index contributed by atoms with van der Waals surface area (Å²) in [6.07, 6.45) is 0. The first-order chi connectivity index (χ1) is 12.7. The van der Waals surface area contributed by atoms with Gasteiger partial charge in [-0.3, -0.25) is 0 Å². The number of hydrogen-bond donors (Lipinski definition) is 1. The SMILES string of the molecule is Cc1sc2nc(Cl)nc(Nc3cccc(C#N)c3)c2c1-c1ccccc1. The molecular weight excluding hydrogens is 364 g/mol. The number of nitrogens with zero attached hydrogens (tertiary/aromatic N) is 3. The van der Waals surface area contributed by atoms with Crippen molar-refractivity contribution < 1.29 is 0 Å². The molecule has 0 aliphatic carbocycles. The van der Waals surface area contributed by atoms with Crippen molar-refractivity contribution in [3.05, 3.63) is 70.3 Å². The Bertz CT molecular complexity index is 1150. The van der Waals surface area contributed by atoms with Gasteiger partial charge >= 0.3 is 0 Å². The summed E-state index contributed by atoms with van der Waals surface area (Å²) in [4.78, 5) is 10.8. The van der Waals surface area contributed by atoms with E-state index in [1.54, 1.807) is 23.5 Å². The van der Waals surface area contributed by atoms with Crippen molar-refractivity contribution in [3.8, 4) is 17.2 Å². The van der Waals surface area contributed by atoms with Crippen LogP contribution >= 0.6 is 22.9 Å². The van der Waals surface area contributed by atoms with Crippen LogP contribution < -0.4 is 5.32 Å². The number of rotatable bonds is 3. The summed E-state index contributed by atoms with van der Waals surface area (Å²) < 4.78 is 0. The fraction of sp³-hybridized carbons (Fsp3) is 0.0500. The minimum atomic E-state index is 0.192. The quantitative estimate of drug-likeness (QED) is 0.450. The van der Waals surface area contributed by atoms with Gasteiger partial charge in [-0.15, -0.1) is 11.3 Å². The highest BCUT2D eigenvalue weighted by Crippen LogP contribution is 2.41. The number of fused-ring (bicyclic) bond motifs is 1. The van der Waals surface area contributed by atoms with E-state index >= 15 is 0 Å².